The summed E-state index contributed by atoms with van der Waals surface area (Å²) in [4.78, 5) is 2.24. The lowest BCUT2D eigenvalue weighted by Gasteiger charge is -2.22. The quantitative estimate of drug-likeness (QED) is 0.726. The van der Waals surface area contributed by atoms with Crippen LogP contribution in [0.5, 0.6) is 0 Å². The molecule has 0 bridgehead atoms. The maximum Gasteiger partial charge on any atom is 0.0316 e. The average molecular weight is 207 g/mol. The normalized spacial score (nSPS) is 11.9. The van der Waals surface area contributed by atoms with Crippen LogP contribution in [0.4, 0.5) is 0 Å². The first kappa shape index (κ1) is 14.2. The van der Waals surface area contributed by atoms with Crippen LogP contribution in [-0.4, -0.2) is 19.0 Å². The lowest BCUT2D eigenvalue weighted by Crippen LogP contribution is -2.17. The first-order valence-electron chi connectivity index (χ1n) is 5.91. The van der Waals surface area contributed by atoms with Gasteiger partial charge in [-0.1, -0.05) is 45.0 Å². The summed E-state index contributed by atoms with van der Waals surface area (Å²) in [7, 11) is 4.24. The molecule has 0 saturated carbocycles. The van der Waals surface area contributed by atoms with Gasteiger partial charge in [0.1, 0.15) is 0 Å². The van der Waals surface area contributed by atoms with Crippen LogP contribution in [0.1, 0.15) is 44.9 Å². The number of rotatable bonds is 3. The molecular weight excluding hydrogens is 182 g/mol. The zero-order valence-corrected chi connectivity index (χ0v) is 11.0. The van der Waals surface area contributed by atoms with Crippen molar-refractivity contribution in [3.8, 4) is 0 Å². The largest absolute Gasteiger partial charge is 0.303 e. The van der Waals surface area contributed by atoms with Gasteiger partial charge in [0.15, 0.2) is 0 Å². The summed E-state index contributed by atoms with van der Waals surface area (Å²) in [5, 5.41) is 0. The van der Waals surface area contributed by atoms with E-state index in [0.717, 1.165) is 6.42 Å². The molecule has 0 amide bonds. The third-order valence-corrected chi connectivity index (χ3v) is 2.66. The maximum absolute atomic E-state index is 2.24. The van der Waals surface area contributed by atoms with Gasteiger partial charge < -0.3 is 4.90 Å². The van der Waals surface area contributed by atoms with Crippen LogP contribution >= 0.6 is 0 Å². The second-order valence-electron chi connectivity index (χ2n) is 3.69. The van der Waals surface area contributed by atoms with Crippen LogP contribution in [0.2, 0.25) is 0 Å². The van der Waals surface area contributed by atoms with Crippen LogP contribution < -0.4 is 0 Å². The molecule has 0 heterocycles. The van der Waals surface area contributed by atoms with Gasteiger partial charge in [0.05, 0.1) is 0 Å². The van der Waals surface area contributed by atoms with E-state index < -0.39 is 0 Å². The molecule has 0 N–H and O–H groups in total. The highest BCUT2D eigenvalue weighted by Gasteiger charge is 2.10. The number of aryl methyl sites for hydroxylation is 1. The summed E-state index contributed by atoms with van der Waals surface area (Å²) in [5.41, 5.74) is 2.92. The Bertz CT molecular complexity index is 266. The molecule has 0 saturated heterocycles. The van der Waals surface area contributed by atoms with Crippen LogP contribution in [-0.2, 0) is 6.42 Å². The van der Waals surface area contributed by atoms with E-state index in [-0.39, 0.29) is 0 Å². The second kappa shape index (κ2) is 7.47. The SMILES string of the molecule is CC.CCc1ccccc1C(C)N(C)C. The summed E-state index contributed by atoms with van der Waals surface area (Å²) < 4.78 is 0. The monoisotopic (exact) mass is 207 g/mol. The van der Waals surface area contributed by atoms with Crippen molar-refractivity contribution in [3.05, 3.63) is 35.4 Å². The molecule has 1 nitrogen and oxygen atoms in total. The molecule has 0 radical (unpaired) electrons. The Labute approximate surface area is 95.1 Å². The lowest BCUT2D eigenvalue weighted by molar-refractivity contribution is 0.319. The number of benzene rings is 1. The van der Waals surface area contributed by atoms with Crippen molar-refractivity contribution in [3.63, 3.8) is 0 Å². The molecule has 1 rings (SSSR count). The fourth-order valence-corrected chi connectivity index (χ4v) is 1.54. The van der Waals surface area contributed by atoms with Crippen molar-refractivity contribution >= 4 is 0 Å². The van der Waals surface area contributed by atoms with E-state index in [1.165, 1.54) is 11.1 Å². The van der Waals surface area contributed by atoms with E-state index in [1.807, 2.05) is 13.8 Å². The van der Waals surface area contributed by atoms with Gasteiger partial charge in [-0.15, -0.1) is 0 Å². The highest BCUT2D eigenvalue weighted by Crippen LogP contribution is 2.21. The summed E-state index contributed by atoms with van der Waals surface area (Å²) >= 11 is 0. The average Bonchev–Trinajstić information content (AvgIpc) is 2.30. The van der Waals surface area contributed by atoms with Gasteiger partial charge in [-0.05, 0) is 38.6 Å². The van der Waals surface area contributed by atoms with E-state index in [1.54, 1.807) is 0 Å². The number of hydrogen-bond donors (Lipinski definition) is 0. The topological polar surface area (TPSA) is 3.24 Å². The molecular formula is C14H25N. The Kier molecular flexibility index (Phi) is 7.06. The minimum atomic E-state index is 0.510. The first-order chi connectivity index (χ1) is 7.16. The summed E-state index contributed by atoms with van der Waals surface area (Å²) in [6.45, 7) is 8.45. The molecule has 1 atom stereocenters. The zero-order chi connectivity index (χ0) is 11.8. The van der Waals surface area contributed by atoms with Gasteiger partial charge in [0.25, 0.3) is 0 Å². The predicted molar refractivity (Wildman–Crippen MR) is 69.3 cm³/mol. The van der Waals surface area contributed by atoms with E-state index in [9.17, 15) is 0 Å². The van der Waals surface area contributed by atoms with Crippen LogP contribution in [0, 0.1) is 0 Å². The van der Waals surface area contributed by atoms with E-state index in [2.05, 4.69) is 57.1 Å². The minimum absolute atomic E-state index is 0.510. The van der Waals surface area contributed by atoms with Crippen molar-refractivity contribution < 1.29 is 0 Å². The maximum atomic E-state index is 2.24. The van der Waals surface area contributed by atoms with Gasteiger partial charge in [0.2, 0.25) is 0 Å². The molecule has 15 heavy (non-hydrogen) atoms. The van der Waals surface area contributed by atoms with Crippen molar-refractivity contribution in [2.45, 2.75) is 40.2 Å². The van der Waals surface area contributed by atoms with E-state index in [4.69, 9.17) is 0 Å². The number of hydrogen-bond acceptors (Lipinski definition) is 1. The summed E-state index contributed by atoms with van der Waals surface area (Å²) in [6.07, 6.45) is 1.12. The highest BCUT2D eigenvalue weighted by atomic mass is 15.1. The highest BCUT2D eigenvalue weighted by molar-refractivity contribution is 5.29. The third-order valence-electron chi connectivity index (χ3n) is 2.66. The molecule has 0 aliphatic rings. The van der Waals surface area contributed by atoms with Crippen molar-refractivity contribution in [2.75, 3.05) is 14.1 Å². The van der Waals surface area contributed by atoms with Crippen molar-refractivity contribution in [1.82, 2.24) is 4.90 Å². The predicted octanol–water partition coefficient (Wildman–Crippen LogP) is 3.90. The fourth-order valence-electron chi connectivity index (χ4n) is 1.54. The molecule has 0 spiro atoms. The molecule has 0 aromatic heterocycles. The van der Waals surface area contributed by atoms with E-state index >= 15 is 0 Å². The second-order valence-corrected chi connectivity index (χ2v) is 3.69. The summed E-state index contributed by atoms with van der Waals surface area (Å²) in [5.74, 6) is 0. The molecule has 1 aromatic rings. The Morgan fingerprint density at radius 1 is 1.13 bits per heavy atom. The Morgan fingerprint density at radius 2 is 1.67 bits per heavy atom. The smallest absolute Gasteiger partial charge is 0.0316 e. The Hall–Kier alpha value is -0.820. The third kappa shape index (κ3) is 4.05. The van der Waals surface area contributed by atoms with E-state index in [0.29, 0.717) is 6.04 Å². The summed E-state index contributed by atoms with van der Waals surface area (Å²) in [6, 6.07) is 9.19. The lowest BCUT2D eigenvalue weighted by atomic mass is 9.99. The standard InChI is InChI=1S/C12H19N.C2H6/c1-5-11-8-6-7-9-12(11)10(2)13(3)4;1-2/h6-10H,5H2,1-4H3;1-2H3. The fraction of sp³-hybridized carbons (Fsp3) is 0.571. The van der Waals surface area contributed by atoms with Crippen molar-refractivity contribution in [1.29, 1.82) is 0 Å². The molecule has 0 aliphatic heterocycles. The van der Waals surface area contributed by atoms with Gasteiger partial charge in [-0.25, -0.2) is 0 Å². The molecule has 1 aromatic carbocycles. The van der Waals surface area contributed by atoms with Gasteiger partial charge in [-0.3, -0.25) is 0 Å². The molecule has 1 unspecified atom stereocenters. The van der Waals surface area contributed by atoms with Gasteiger partial charge in [0, 0.05) is 6.04 Å². The number of nitrogens with zero attached hydrogens (tertiary/aromatic N) is 1. The van der Waals surface area contributed by atoms with Gasteiger partial charge in [-0.2, -0.15) is 0 Å². The molecule has 0 fully saturated rings. The Morgan fingerprint density at radius 3 is 2.13 bits per heavy atom. The molecule has 1 heteroatoms. The van der Waals surface area contributed by atoms with Gasteiger partial charge >= 0.3 is 0 Å². The van der Waals surface area contributed by atoms with Crippen LogP contribution in [0.15, 0.2) is 24.3 Å². The van der Waals surface area contributed by atoms with Crippen LogP contribution in [0.3, 0.4) is 0 Å². The first-order valence-corrected chi connectivity index (χ1v) is 5.91. The zero-order valence-electron chi connectivity index (χ0n) is 11.0. The minimum Gasteiger partial charge on any atom is -0.303 e. The molecule has 0 aliphatic carbocycles. The molecule has 86 valence electrons. The van der Waals surface area contributed by atoms with Crippen LogP contribution in [0.25, 0.3) is 0 Å². The van der Waals surface area contributed by atoms with Crippen molar-refractivity contribution in [2.24, 2.45) is 0 Å². The Balaban J connectivity index is 0.000000921.